The maximum atomic E-state index is 12.0. The SMILES string of the molecule is C[Si](C)(C)O[Si](C)(CCCCCCOC(=O)C(=O)c1ccccc1)O[Si](C)(C)C.C[Si](C)(C)O[Si](C)(CCCCOC(=O)C(=O)c1ccccc1)O[Si](C)(C)C. The lowest BCUT2D eigenvalue weighted by Gasteiger charge is -2.38. The van der Waals surface area contributed by atoms with Crippen LogP contribution in [0.1, 0.15) is 59.2 Å². The first kappa shape index (κ1) is 51.9. The largest absolute Gasteiger partial charge is 0.460 e. The Morgan fingerprint density at radius 1 is 0.393 bits per heavy atom. The standard InChI is InChI=1S/C21H38O5Si3.C19H34O5Si3/c1-27(2,3)25-29(7,26-28(4,5)6)18-14-9-8-13-17-24-21(23)20(22)19-15-11-10-12-16-19;1-25(2,3)23-27(7,24-26(4,5)6)16-12-11-15-22-19(21)18(20)17-13-9-8-10-14-17/h10-12,15-16H,8-9,13-14,17-18H2,1-7H3;8-10,13-14H,11-12,15-16H2,1-7H3. The summed E-state index contributed by atoms with van der Waals surface area (Å²) in [5.41, 5.74) is 0.723. The van der Waals surface area contributed by atoms with Gasteiger partial charge in [0.25, 0.3) is 11.6 Å². The van der Waals surface area contributed by atoms with Gasteiger partial charge in [-0.15, -0.1) is 0 Å². The van der Waals surface area contributed by atoms with Crippen LogP contribution in [0.4, 0.5) is 0 Å². The number of esters is 2. The third-order valence-corrected chi connectivity index (χ3v) is 26.8. The van der Waals surface area contributed by atoms with E-state index in [1.165, 1.54) is 0 Å². The van der Waals surface area contributed by atoms with Crippen molar-refractivity contribution in [1.82, 2.24) is 0 Å². The molecule has 2 aromatic carbocycles. The number of carbonyl (C=O) groups is 4. The molecule has 0 spiro atoms. The number of ketones is 2. The molecule has 0 saturated heterocycles. The van der Waals surface area contributed by atoms with Crippen molar-refractivity contribution in [3.63, 3.8) is 0 Å². The molecule has 0 saturated carbocycles. The lowest BCUT2D eigenvalue weighted by molar-refractivity contribution is -0.138. The fraction of sp³-hybridized carbons (Fsp3) is 0.600. The molecule has 0 aliphatic rings. The molecule has 316 valence electrons. The first-order chi connectivity index (χ1) is 25.6. The van der Waals surface area contributed by atoms with Gasteiger partial charge >= 0.3 is 29.1 Å². The van der Waals surface area contributed by atoms with E-state index in [-0.39, 0.29) is 13.2 Å². The highest BCUT2D eigenvalue weighted by atomic mass is 28.5. The average Bonchev–Trinajstić information content (AvgIpc) is 3.04. The first-order valence-electron chi connectivity index (χ1n) is 20.0. The Morgan fingerprint density at radius 3 is 0.964 bits per heavy atom. The number of carbonyl (C=O) groups excluding carboxylic acids is 4. The van der Waals surface area contributed by atoms with Gasteiger partial charge in [-0.3, -0.25) is 9.59 Å². The molecule has 0 aliphatic heterocycles. The molecule has 16 heteroatoms. The molecule has 0 heterocycles. The summed E-state index contributed by atoms with van der Waals surface area (Å²) in [4.78, 5) is 47.7. The fourth-order valence-corrected chi connectivity index (χ4v) is 31.4. The van der Waals surface area contributed by atoms with Crippen molar-refractivity contribution < 1.29 is 45.1 Å². The Bertz CT molecular complexity index is 1470. The zero-order valence-electron chi connectivity index (χ0n) is 36.9. The highest BCUT2D eigenvalue weighted by molar-refractivity contribution is 6.88. The number of benzene rings is 2. The molecule has 0 amide bonds. The maximum Gasteiger partial charge on any atom is 0.379 e. The summed E-state index contributed by atoms with van der Waals surface area (Å²) in [5, 5.41) is 0. The van der Waals surface area contributed by atoms with Gasteiger partial charge in [0.15, 0.2) is 33.3 Å². The van der Waals surface area contributed by atoms with Gasteiger partial charge < -0.3 is 25.9 Å². The van der Waals surface area contributed by atoms with E-state index in [2.05, 4.69) is 91.7 Å². The summed E-state index contributed by atoms with van der Waals surface area (Å²) in [6.45, 7) is 31.3. The quantitative estimate of drug-likeness (QED) is 0.0331. The Morgan fingerprint density at radius 2 is 0.661 bits per heavy atom. The second kappa shape index (κ2) is 23.5. The van der Waals surface area contributed by atoms with Crippen LogP contribution >= 0.6 is 0 Å². The van der Waals surface area contributed by atoms with Crippen molar-refractivity contribution in [1.29, 1.82) is 0 Å². The minimum atomic E-state index is -2.26. The van der Waals surface area contributed by atoms with Gasteiger partial charge in [0.1, 0.15) is 0 Å². The molecule has 0 atom stereocenters. The van der Waals surface area contributed by atoms with Crippen molar-refractivity contribution in [2.24, 2.45) is 0 Å². The van der Waals surface area contributed by atoms with Crippen LogP contribution in [0.15, 0.2) is 60.7 Å². The number of hydrogen-bond donors (Lipinski definition) is 0. The second-order valence-electron chi connectivity index (χ2n) is 18.4. The molecule has 0 aromatic heterocycles. The topological polar surface area (TPSA) is 124 Å². The molecular formula is C40H72O10Si6. The van der Waals surface area contributed by atoms with E-state index in [4.69, 9.17) is 25.9 Å². The number of rotatable bonds is 24. The van der Waals surface area contributed by atoms with Crippen LogP contribution in [-0.4, -0.2) is 87.1 Å². The molecule has 56 heavy (non-hydrogen) atoms. The minimum absolute atomic E-state index is 0.238. The van der Waals surface area contributed by atoms with Gasteiger partial charge in [0.05, 0.1) is 13.2 Å². The van der Waals surface area contributed by atoms with E-state index in [0.717, 1.165) is 44.2 Å². The molecular weight excluding hydrogens is 809 g/mol. The third kappa shape index (κ3) is 24.6. The van der Waals surface area contributed by atoms with E-state index in [0.29, 0.717) is 17.5 Å². The number of Topliss-reactive ketones (excluding diaryl/α,β-unsaturated/α-hetero) is 2. The Hall–Kier alpha value is -2.14. The van der Waals surface area contributed by atoms with Crippen LogP contribution in [0.25, 0.3) is 0 Å². The van der Waals surface area contributed by atoms with E-state index in [1.807, 2.05) is 0 Å². The van der Waals surface area contributed by atoms with Crippen LogP contribution in [0, 0.1) is 0 Å². The minimum Gasteiger partial charge on any atom is -0.460 e. The smallest absolute Gasteiger partial charge is 0.379 e. The van der Waals surface area contributed by atoms with E-state index in [1.54, 1.807) is 60.7 Å². The van der Waals surface area contributed by atoms with Crippen LogP contribution in [0.5, 0.6) is 0 Å². The van der Waals surface area contributed by atoms with Gasteiger partial charge in [0.2, 0.25) is 0 Å². The predicted molar refractivity (Wildman–Crippen MR) is 242 cm³/mol. The molecule has 0 N–H and O–H groups in total. The van der Waals surface area contributed by atoms with Gasteiger partial charge in [-0.2, -0.15) is 0 Å². The molecule has 10 nitrogen and oxygen atoms in total. The normalized spacial score (nSPS) is 12.7. The summed E-state index contributed by atoms with van der Waals surface area (Å²) < 4.78 is 36.2. The number of unbranched alkanes of at least 4 members (excludes halogenated alkanes) is 4. The van der Waals surface area contributed by atoms with Gasteiger partial charge in [-0.1, -0.05) is 79.9 Å². The zero-order valence-corrected chi connectivity index (χ0v) is 42.9. The Kier molecular flexibility index (Phi) is 21.7. The molecule has 2 aromatic rings. The van der Waals surface area contributed by atoms with Gasteiger partial charge in [-0.25, -0.2) is 9.59 Å². The van der Waals surface area contributed by atoms with Crippen LogP contribution < -0.4 is 0 Å². The predicted octanol–water partition coefficient (Wildman–Crippen LogP) is 10.7. The van der Waals surface area contributed by atoms with Crippen LogP contribution in [-0.2, 0) is 35.5 Å². The first-order valence-corrected chi connectivity index (χ1v) is 38.6. The Labute approximate surface area is 344 Å². The summed E-state index contributed by atoms with van der Waals surface area (Å²) in [7, 11) is -11.1. The van der Waals surface area contributed by atoms with Crippen molar-refractivity contribution in [2.45, 2.75) is 142 Å². The maximum absolute atomic E-state index is 12.0. The van der Waals surface area contributed by atoms with Crippen LogP contribution in [0.2, 0.25) is 104 Å². The third-order valence-electron chi connectivity index (χ3n) is 7.55. The molecule has 0 aliphatic carbocycles. The van der Waals surface area contributed by atoms with Crippen LogP contribution in [0.3, 0.4) is 0 Å². The monoisotopic (exact) mass is 880 g/mol. The summed E-state index contributed by atoms with van der Waals surface area (Å²) in [6, 6.07) is 18.8. The molecule has 2 rings (SSSR count). The molecule has 0 bridgehead atoms. The van der Waals surface area contributed by atoms with Crippen molar-refractivity contribution >= 4 is 73.9 Å². The van der Waals surface area contributed by atoms with Gasteiger partial charge in [-0.05, 0) is 123 Å². The molecule has 0 fully saturated rings. The van der Waals surface area contributed by atoms with E-state index >= 15 is 0 Å². The summed E-state index contributed by atoms with van der Waals surface area (Å²) in [5.74, 6) is -2.75. The molecule has 0 radical (unpaired) electrons. The van der Waals surface area contributed by atoms with Crippen molar-refractivity contribution in [2.75, 3.05) is 13.2 Å². The highest BCUT2D eigenvalue weighted by Gasteiger charge is 2.41. The number of ether oxygens (including phenoxy) is 2. The van der Waals surface area contributed by atoms with E-state index in [9.17, 15) is 19.2 Å². The lowest BCUT2D eigenvalue weighted by atomic mass is 10.1. The Balaban J connectivity index is 0.000000561. The van der Waals surface area contributed by atoms with Gasteiger partial charge in [0, 0.05) is 11.1 Å². The summed E-state index contributed by atoms with van der Waals surface area (Å²) >= 11 is 0. The fourth-order valence-electron chi connectivity index (χ4n) is 6.16. The van der Waals surface area contributed by atoms with Crippen molar-refractivity contribution in [3.05, 3.63) is 71.8 Å². The summed E-state index contributed by atoms with van der Waals surface area (Å²) in [6.07, 6.45) is 5.35. The zero-order chi connectivity index (χ0) is 42.8. The highest BCUT2D eigenvalue weighted by Crippen LogP contribution is 2.27. The second-order valence-corrected chi connectivity index (χ2v) is 44.1. The lowest BCUT2D eigenvalue weighted by Crippen LogP contribution is -2.52. The van der Waals surface area contributed by atoms with Crippen molar-refractivity contribution in [3.8, 4) is 0 Å². The van der Waals surface area contributed by atoms with E-state index < -0.39 is 73.9 Å². The average molecular weight is 882 g/mol. The molecule has 0 unspecified atom stereocenters. The number of hydrogen-bond acceptors (Lipinski definition) is 10.